The van der Waals surface area contributed by atoms with Crippen molar-refractivity contribution in [2.75, 3.05) is 5.73 Å². The number of carbonyl (C=O) groups excluding carboxylic acids is 2. The summed E-state index contributed by atoms with van der Waals surface area (Å²) < 4.78 is 1.81. The zero-order valence-corrected chi connectivity index (χ0v) is 11.7. The van der Waals surface area contributed by atoms with Crippen LogP contribution < -0.4 is 5.73 Å². The molecule has 2 aromatic rings. The van der Waals surface area contributed by atoms with E-state index in [1.54, 1.807) is 24.4 Å². The molecular formula is C15H16N4O2. The van der Waals surface area contributed by atoms with Crippen LogP contribution in [-0.2, 0) is 13.1 Å². The third-order valence-corrected chi connectivity index (χ3v) is 3.59. The summed E-state index contributed by atoms with van der Waals surface area (Å²) in [5, 5.41) is 4.21. The fraction of sp³-hybridized carbons (Fsp3) is 0.267. The van der Waals surface area contributed by atoms with Gasteiger partial charge in [-0.05, 0) is 24.6 Å². The number of nitrogen functional groups attached to an aromatic ring is 1. The lowest BCUT2D eigenvalue weighted by Crippen LogP contribution is -2.30. The molecule has 1 aromatic heterocycles. The van der Waals surface area contributed by atoms with E-state index >= 15 is 0 Å². The molecule has 3 rings (SSSR count). The molecule has 6 nitrogen and oxygen atoms in total. The minimum atomic E-state index is -0.336. The molecule has 108 valence electrons. The van der Waals surface area contributed by atoms with Crippen molar-refractivity contribution in [2.45, 2.75) is 26.4 Å². The molecule has 2 N–H and O–H groups in total. The maximum absolute atomic E-state index is 12.4. The Hall–Kier alpha value is -2.63. The third kappa shape index (κ3) is 2.08. The van der Waals surface area contributed by atoms with Crippen molar-refractivity contribution >= 4 is 17.5 Å². The van der Waals surface area contributed by atoms with Gasteiger partial charge < -0.3 is 5.73 Å². The van der Waals surface area contributed by atoms with Crippen molar-refractivity contribution in [1.29, 1.82) is 0 Å². The number of rotatable bonds is 4. The Morgan fingerprint density at radius 2 is 2.00 bits per heavy atom. The highest BCUT2D eigenvalue weighted by Crippen LogP contribution is 2.28. The van der Waals surface area contributed by atoms with Gasteiger partial charge >= 0.3 is 0 Å². The number of benzene rings is 1. The highest BCUT2D eigenvalue weighted by atomic mass is 16.2. The van der Waals surface area contributed by atoms with E-state index in [2.05, 4.69) is 5.10 Å². The molecule has 1 aliphatic heterocycles. The zero-order valence-electron chi connectivity index (χ0n) is 11.7. The molecule has 2 heterocycles. The number of aryl methyl sites for hydroxylation is 1. The average molecular weight is 284 g/mol. The smallest absolute Gasteiger partial charge is 0.264 e. The van der Waals surface area contributed by atoms with Crippen molar-refractivity contribution in [3.8, 4) is 0 Å². The predicted molar refractivity (Wildman–Crippen MR) is 77.6 cm³/mol. The molecular weight excluding hydrogens is 268 g/mol. The van der Waals surface area contributed by atoms with Crippen LogP contribution in [0.1, 0.15) is 39.8 Å². The number of anilines is 1. The first kappa shape index (κ1) is 13.4. The van der Waals surface area contributed by atoms with Crippen molar-refractivity contribution in [3.05, 3.63) is 47.3 Å². The molecule has 0 saturated heterocycles. The number of amides is 2. The van der Waals surface area contributed by atoms with Gasteiger partial charge in [0.25, 0.3) is 11.8 Å². The van der Waals surface area contributed by atoms with Gasteiger partial charge in [0.2, 0.25) is 0 Å². The Morgan fingerprint density at radius 1 is 1.19 bits per heavy atom. The van der Waals surface area contributed by atoms with Crippen LogP contribution in [-0.4, -0.2) is 26.5 Å². The second-order valence-corrected chi connectivity index (χ2v) is 5.01. The first-order chi connectivity index (χ1) is 10.1. The van der Waals surface area contributed by atoms with Gasteiger partial charge in [-0.25, -0.2) is 0 Å². The number of hydrogen-bond acceptors (Lipinski definition) is 4. The van der Waals surface area contributed by atoms with Gasteiger partial charge in [-0.2, -0.15) is 5.10 Å². The van der Waals surface area contributed by atoms with E-state index in [0.717, 1.165) is 18.7 Å². The molecule has 0 bridgehead atoms. The van der Waals surface area contributed by atoms with Crippen molar-refractivity contribution in [3.63, 3.8) is 0 Å². The minimum Gasteiger partial charge on any atom is -0.398 e. The largest absolute Gasteiger partial charge is 0.398 e. The molecule has 0 radical (unpaired) electrons. The SMILES string of the molecule is CCCn1nccc1CN1C(=O)c2cccc(N)c2C1=O. The van der Waals surface area contributed by atoms with Crippen LogP contribution in [0.5, 0.6) is 0 Å². The standard InChI is InChI=1S/C15H16N4O2/c1-2-8-19-10(6-7-17-19)9-18-14(20)11-4-3-5-12(16)13(11)15(18)21/h3-7H,2,8-9,16H2,1H3. The van der Waals surface area contributed by atoms with Crippen LogP contribution >= 0.6 is 0 Å². The van der Waals surface area contributed by atoms with Gasteiger partial charge in [-0.3, -0.25) is 19.2 Å². The number of imide groups is 1. The normalized spacial score (nSPS) is 13.9. The van der Waals surface area contributed by atoms with Crippen LogP contribution in [0.3, 0.4) is 0 Å². The predicted octanol–water partition coefficient (Wildman–Crippen LogP) is 1.67. The summed E-state index contributed by atoms with van der Waals surface area (Å²) in [5.74, 6) is -0.635. The van der Waals surface area contributed by atoms with Gasteiger partial charge in [0.15, 0.2) is 0 Å². The maximum atomic E-state index is 12.4. The van der Waals surface area contributed by atoms with Gasteiger partial charge in [0.1, 0.15) is 0 Å². The molecule has 2 amide bonds. The van der Waals surface area contributed by atoms with E-state index in [4.69, 9.17) is 5.73 Å². The monoisotopic (exact) mass is 284 g/mol. The lowest BCUT2D eigenvalue weighted by Gasteiger charge is -2.15. The Labute approximate surface area is 122 Å². The van der Waals surface area contributed by atoms with Crippen molar-refractivity contribution in [2.24, 2.45) is 0 Å². The summed E-state index contributed by atoms with van der Waals surface area (Å²) in [5.41, 5.74) is 7.69. The molecule has 1 aliphatic rings. The number of fused-ring (bicyclic) bond motifs is 1. The highest BCUT2D eigenvalue weighted by molar-refractivity contribution is 6.23. The number of nitrogens with zero attached hydrogens (tertiary/aromatic N) is 3. The Balaban J connectivity index is 1.92. The van der Waals surface area contributed by atoms with Crippen molar-refractivity contribution < 1.29 is 9.59 Å². The summed E-state index contributed by atoms with van der Waals surface area (Å²) in [4.78, 5) is 26.0. The maximum Gasteiger partial charge on any atom is 0.264 e. The van der Waals surface area contributed by atoms with Crippen LogP contribution in [0.25, 0.3) is 0 Å². The van der Waals surface area contributed by atoms with E-state index in [0.29, 0.717) is 16.8 Å². The highest BCUT2D eigenvalue weighted by Gasteiger charge is 2.37. The summed E-state index contributed by atoms with van der Waals surface area (Å²) in [6, 6.07) is 6.77. The van der Waals surface area contributed by atoms with E-state index in [1.807, 2.05) is 17.7 Å². The lowest BCUT2D eigenvalue weighted by molar-refractivity contribution is 0.0638. The number of carbonyl (C=O) groups is 2. The number of nitrogens with two attached hydrogens (primary N) is 1. The summed E-state index contributed by atoms with van der Waals surface area (Å²) in [7, 11) is 0. The molecule has 0 atom stereocenters. The molecule has 0 aliphatic carbocycles. The van der Waals surface area contributed by atoms with Gasteiger partial charge in [-0.15, -0.1) is 0 Å². The molecule has 0 spiro atoms. The van der Waals surface area contributed by atoms with Gasteiger partial charge in [0.05, 0.1) is 23.4 Å². The van der Waals surface area contributed by atoms with E-state index < -0.39 is 0 Å². The topological polar surface area (TPSA) is 81.2 Å². The van der Waals surface area contributed by atoms with Crippen LogP contribution in [0, 0.1) is 0 Å². The molecule has 21 heavy (non-hydrogen) atoms. The van der Waals surface area contributed by atoms with Gasteiger partial charge in [-0.1, -0.05) is 13.0 Å². The first-order valence-electron chi connectivity index (χ1n) is 6.89. The second-order valence-electron chi connectivity index (χ2n) is 5.01. The molecule has 6 heteroatoms. The Kier molecular flexibility index (Phi) is 3.21. The summed E-state index contributed by atoms with van der Waals surface area (Å²) in [6.45, 7) is 3.02. The molecule has 1 aromatic carbocycles. The number of aromatic nitrogens is 2. The minimum absolute atomic E-state index is 0.214. The van der Waals surface area contributed by atoms with E-state index in [-0.39, 0.29) is 18.4 Å². The fourth-order valence-electron chi connectivity index (χ4n) is 2.57. The van der Waals surface area contributed by atoms with Crippen molar-refractivity contribution in [1.82, 2.24) is 14.7 Å². The molecule has 0 saturated carbocycles. The second kappa shape index (κ2) is 5.05. The van der Waals surface area contributed by atoms with Crippen LogP contribution in [0.2, 0.25) is 0 Å². The van der Waals surface area contributed by atoms with Crippen LogP contribution in [0.15, 0.2) is 30.5 Å². The third-order valence-electron chi connectivity index (χ3n) is 3.59. The quantitative estimate of drug-likeness (QED) is 0.684. The van der Waals surface area contributed by atoms with Gasteiger partial charge in [0, 0.05) is 18.4 Å². The average Bonchev–Trinajstić information content (AvgIpc) is 2.99. The zero-order chi connectivity index (χ0) is 15.0. The van der Waals surface area contributed by atoms with E-state index in [9.17, 15) is 9.59 Å². The molecule has 0 fully saturated rings. The first-order valence-corrected chi connectivity index (χ1v) is 6.89. The fourth-order valence-corrected chi connectivity index (χ4v) is 2.57. The molecule has 0 unspecified atom stereocenters. The lowest BCUT2D eigenvalue weighted by atomic mass is 10.1. The number of hydrogen-bond donors (Lipinski definition) is 1. The van der Waals surface area contributed by atoms with E-state index in [1.165, 1.54) is 4.90 Å². The Morgan fingerprint density at radius 3 is 2.71 bits per heavy atom. The summed E-state index contributed by atoms with van der Waals surface area (Å²) in [6.07, 6.45) is 2.61. The summed E-state index contributed by atoms with van der Waals surface area (Å²) >= 11 is 0. The van der Waals surface area contributed by atoms with Crippen LogP contribution in [0.4, 0.5) is 5.69 Å². The Bertz CT molecular complexity index is 720.